The van der Waals surface area contributed by atoms with Gasteiger partial charge in [0, 0.05) is 12.1 Å². The van der Waals surface area contributed by atoms with Gasteiger partial charge in [-0.1, -0.05) is 44.5 Å². The van der Waals surface area contributed by atoms with E-state index in [0.717, 1.165) is 11.1 Å². The van der Waals surface area contributed by atoms with Gasteiger partial charge in [0.25, 0.3) is 5.91 Å². The van der Waals surface area contributed by atoms with Crippen molar-refractivity contribution in [1.29, 1.82) is 0 Å². The summed E-state index contributed by atoms with van der Waals surface area (Å²) in [4.78, 5) is 24.4. The van der Waals surface area contributed by atoms with E-state index in [-0.39, 0.29) is 30.3 Å². The summed E-state index contributed by atoms with van der Waals surface area (Å²) in [6.45, 7) is 8.78. The molecule has 2 N–H and O–H groups in total. The van der Waals surface area contributed by atoms with Crippen LogP contribution in [0, 0.1) is 0 Å². The zero-order valence-corrected chi connectivity index (χ0v) is 18.9. The lowest BCUT2D eigenvalue weighted by atomic mass is 9.87. The van der Waals surface area contributed by atoms with Crippen molar-refractivity contribution in [2.45, 2.75) is 39.7 Å². The third kappa shape index (κ3) is 6.39. The van der Waals surface area contributed by atoms with Crippen LogP contribution in [0.25, 0.3) is 0 Å². The van der Waals surface area contributed by atoms with Crippen LogP contribution in [-0.2, 0) is 16.8 Å². The third-order valence-electron chi connectivity index (χ3n) is 4.49. The molecule has 0 unspecified atom stereocenters. The second kappa shape index (κ2) is 10.3. The van der Waals surface area contributed by atoms with Gasteiger partial charge in [-0.3, -0.25) is 9.59 Å². The van der Waals surface area contributed by atoms with Crippen LogP contribution in [0.15, 0.2) is 36.4 Å². The predicted molar refractivity (Wildman–Crippen MR) is 118 cm³/mol. The largest absolute Gasteiger partial charge is 0.493 e. The van der Waals surface area contributed by atoms with Crippen LogP contribution >= 0.6 is 11.6 Å². The molecule has 0 heterocycles. The van der Waals surface area contributed by atoms with E-state index >= 15 is 0 Å². The second-order valence-corrected chi connectivity index (χ2v) is 8.24. The van der Waals surface area contributed by atoms with Gasteiger partial charge in [0.15, 0.2) is 11.5 Å². The lowest BCUT2D eigenvalue weighted by molar-refractivity contribution is -0.120. The summed E-state index contributed by atoms with van der Waals surface area (Å²) >= 11 is 6.24. The Hall–Kier alpha value is -2.73. The summed E-state index contributed by atoms with van der Waals surface area (Å²) < 4.78 is 10.8. The average molecular weight is 433 g/mol. The summed E-state index contributed by atoms with van der Waals surface area (Å²) in [6, 6.07) is 10.9. The lowest BCUT2D eigenvalue weighted by Crippen LogP contribution is -2.36. The maximum Gasteiger partial charge on any atom is 0.251 e. The summed E-state index contributed by atoms with van der Waals surface area (Å²) in [5.74, 6) is 0.372. The van der Waals surface area contributed by atoms with E-state index in [0.29, 0.717) is 28.7 Å². The zero-order chi connectivity index (χ0) is 22.3. The number of hydrogen-bond acceptors (Lipinski definition) is 4. The average Bonchev–Trinajstić information content (AvgIpc) is 2.71. The maximum absolute atomic E-state index is 12.3. The van der Waals surface area contributed by atoms with Gasteiger partial charge in [0.1, 0.15) is 0 Å². The highest BCUT2D eigenvalue weighted by Gasteiger charge is 2.15. The molecular weight excluding hydrogens is 404 g/mol. The Morgan fingerprint density at radius 2 is 1.73 bits per heavy atom. The maximum atomic E-state index is 12.3. The molecule has 0 fully saturated rings. The predicted octanol–water partition coefficient (Wildman–Crippen LogP) is 4.09. The number of methoxy groups -OCH3 is 1. The second-order valence-electron chi connectivity index (χ2n) is 7.83. The highest BCUT2D eigenvalue weighted by Crippen LogP contribution is 2.36. The normalized spacial score (nSPS) is 11.0. The number of rotatable bonds is 8. The fraction of sp³-hybridized carbons (Fsp3) is 0.391. The Morgan fingerprint density at radius 3 is 2.30 bits per heavy atom. The van der Waals surface area contributed by atoms with Gasteiger partial charge in [0.05, 0.1) is 25.3 Å². The van der Waals surface area contributed by atoms with Gasteiger partial charge in [-0.15, -0.1) is 0 Å². The van der Waals surface area contributed by atoms with E-state index in [1.54, 1.807) is 24.3 Å². The number of halogens is 1. The van der Waals surface area contributed by atoms with Gasteiger partial charge in [-0.25, -0.2) is 0 Å². The highest BCUT2D eigenvalue weighted by molar-refractivity contribution is 6.32. The van der Waals surface area contributed by atoms with Gasteiger partial charge in [-0.2, -0.15) is 0 Å². The number of hydrogen-bond donors (Lipinski definition) is 2. The summed E-state index contributed by atoms with van der Waals surface area (Å²) in [7, 11) is 1.53. The number of carbonyl (C=O) groups excluding carboxylic acids is 2. The number of amides is 2. The molecule has 0 aliphatic carbocycles. The van der Waals surface area contributed by atoms with E-state index in [1.807, 2.05) is 19.1 Å². The fourth-order valence-corrected chi connectivity index (χ4v) is 3.09. The van der Waals surface area contributed by atoms with Crippen molar-refractivity contribution in [1.82, 2.24) is 10.6 Å². The van der Waals surface area contributed by atoms with Crippen LogP contribution in [0.2, 0.25) is 5.02 Å². The summed E-state index contributed by atoms with van der Waals surface area (Å²) in [5, 5.41) is 5.80. The molecule has 0 saturated heterocycles. The van der Waals surface area contributed by atoms with Crippen LogP contribution in [0.1, 0.15) is 49.2 Å². The minimum absolute atomic E-state index is 0.0152. The topological polar surface area (TPSA) is 76.7 Å². The first-order chi connectivity index (χ1) is 14.2. The molecule has 2 rings (SSSR count). The molecule has 7 heteroatoms. The van der Waals surface area contributed by atoms with E-state index in [9.17, 15) is 9.59 Å². The smallest absolute Gasteiger partial charge is 0.251 e. The molecule has 6 nitrogen and oxygen atoms in total. The molecule has 30 heavy (non-hydrogen) atoms. The molecule has 0 aromatic heterocycles. The molecule has 0 atom stereocenters. The monoisotopic (exact) mass is 432 g/mol. The van der Waals surface area contributed by atoms with Gasteiger partial charge >= 0.3 is 0 Å². The first-order valence-corrected chi connectivity index (χ1v) is 10.2. The van der Waals surface area contributed by atoms with Crippen LogP contribution in [0.4, 0.5) is 0 Å². The molecule has 2 amide bonds. The van der Waals surface area contributed by atoms with Crippen molar-refractivity contribution in [2.75, 3.05) is 20.3 Å². The van der Waals surface area contributed by atoms with E-state index < -0.39 is 0 Å². The molecule has 0 spiro atoms. The number of benzene rings is 2. The standard InChI is InChI=1S/C23H29ClN2O4/c1-6-30-21-18(24)11-15(12-19(21)29-5)13-25-20(27)14-26-22(28)16-7-9-17(10-8-16)23(2,3)4/h7-12H,6,13-14H2,1-5H3,(H,25,27)(H,26,28). The van der Waals surface area contributed by atoms with Crippen molar-refractivity contribution >= 4 is 23.4 Å². The van der Waals surface area contributed by atoms with E-state index in [2.05, 4.69) is 31.4 Å². The molecule has 0 aliphatic heterocycles. The number of nitrogens with one attached hydrogen (secondary N) is 2. The molecule has 162 valence electrons. The first-order valence-electron chi connectivity index (χ1n) is 9.80. The molecular formula is C23H29ClN2O4. The lowest BCUT2D eigenvalue weighted by Gasteiger charge is -2.19. The summed E-state index contributed by atoms with van der Waals surface area (Å²) in [6.07, 6.45) is 0. The minimum Gasteiger partial charge on any atom is -0.493 e. The molecule has 0 saturated carbocycles. The van der Waals surface area contributed by atoms with Crippen molar-refractivity contribution in [3.63, 3.8) is 0 Å². The van der Waals surface area contributed by atoms with Crippen molar-refractivity contribution < 1.29 is 19.1 Å². The Morgan fingerprint density at radius 1 is 1.07 bits per heavy atom. The van der Waals surface area contributed by atoms with Gasteiger partial charge in [0.2, 0.25) is 5.91 Å². The van der Waals surface area contributed by atoms with Crippen molar-refractivity contribution in [3.05, 3.63) is 58.1 Å². The number of ether oxygens (including phenoxy) is 2. The van der Waals surface area contributed by atoms with Crippen LogP contribution in [0.3, 0.4) is 0 Å². The fourth-order valence-electron chi connectivity index (χ4n) is 2.81. The van der Waals surface area contributed by atoms with E-state index in [1.165, 1.54) is 7.11 Å². The Bertz CT molecular complexity index is 889. The molecule has 0 radical (unpaired) electrons. The molecule has 2 aromatic carbocycles. The minimum atomic E-state index is -0.307. The SMILES string of the molecule is CCOc1c(Cl)cc(CNC(=O)CNC(=O)c2ccc(C(C)(C)C)cc2)cc1OC. The number of carbonyl (C=O) groups is 2. The van der Waals surface area contributed by atoms with Crippen LogP contribution in [0.5, 0.6) is 11.5 Å². The Labute approximate surface area is 182 Å². The van der Waals surface area contributed by atoms with Gasteiger partial charge in [-0.05, 0) is 47.7 Å². The third-order valence-corrected chi connectivity index (χ3v) is 4.77. The first kappa shape index (κ1) is 23.5. The van der Waals surface area contributed by atoms with Crippen molar-refractivity contribution in [2.24, 2.45) is 0 Å². The van der Waals surface area contributed by atoms with Crippen LogP contribution in [-0.4, -0.2) is 32.1 Å². The van der Waals surface area contributed by atoms with E-state index in [4.69, 9.17) is 21.1 Å². The van der Waals surface area contributed by atoms with Crippen molar-refractivity contribution in [3.8, 4) is 11.5 Å². The molecule has 2 aromatic rings. The van der Waals surface area contributed by atoms with Crippen LogP contribution < -0.4 is 20.1 Å². The quantitative estimate of drug-likeness (QED) is 0.658. The summed E-state index contributed by atoms with van der Waals surface area (Å²) in [5.41, 5.74) is 2.43. The highest BCUT2D eigenvalue weighted by atomic mass is 35.5. The van der Waals surface area contributed by atoms with Gasteiger partial charge < -0.3 is 20.1 Å². The Balaban J connectivity index is 1.89. The molecule has 0 bridgehead atoms. The molecule has 0 aliphatic rings. The zero-order valence-electron chi connectivity index (χ0n) is 18.1. The Kier molecular flexibility index (Phi) is 8.12.